The average Bonchev–Trinajstić information content (AvgIpc) is 3.09. The first-order valence-corrected chi connectivity index (χ1v) is 10.8. The van der Waals surface area contributed by atoms with E-state index in [0.29, 0.717) is 11.3 Å². The number of methoxy groups -OCH3 is 1. The van der Waals surface area contributed by atoms with Crippen LogP contribution < -0.4 is 9.64 Å². The van der Waals surface area contributed by atoms with Crippen LogP contribution in [0.2, 0.25) is 0 Å². The number of hydrogen-bond donors (Lipinski definition) is 1. The SMILES string of the molecule is COc1ccccc1C1/C(=C(\O)c2ccc(Br)cc2)C(=O)C(=O)N1c1cccc(C(F)(F)F)c1. The number of amides is 1. The van der Waals surface area contributed by atoms with Gasteiger partial charge in [-0.05, 0) is 36.4 Å². The second-order valence-electron chi connectivity index (χ2n) is 7.47. The van der Waals surface area contributed by atoms with E-state index in [9.17, 15) is 27.9 Å². The lowest BCUT2D eigenvalue weighted by Gasteiger charge is -2.27. The first-order valence-electron chi connectivity index (χ1n) is 10.0. The number of carbonyl (C=O) groups is 2. The molecule has 0 aliphatic carbocycles. The minimum Gasteiger partial charge on any atom is -0.507 e. The van der Waals surface area contributed by atoms with E-state index in [-0.39, 0.29) is 16.8 Å². The molecule has 1 heterocycles. The van der Waals surface area contributed by atoms with Gasteiger partial charge in [0.25, 0.3) is 11.7 Å². The summed E-state index contributed by atoms with van der Waals surface area (Å²) in [5.74, 6) is -2.23. The third kappa shape index (κ3) is 4.19. The van der Waals surface area contributed by atoms with Crippen LogP contribution >= 0.6 is 15.9 Å². The molecule has 4 rings (SSSR count). The third-order valence-corrected chi connectivity index (χ3v) is 5.98. The Morgan fingerprint density at radius 1 is 1.00 bits per heavy atom. The smallest absolute Gasteiger partial charge is 0.416 e. The van der Waals surface area contributed by atoms with Gasteiger partial charge in [-0.3, -0.25) is 14.5 Å². The number of anilines is 1. The standard InChI is InChI=1S/C25H17BrF3NO4/c1-34-19-8-3-2-7-18(19)21-20(22(31)14-9-11-16(26)12-10-14)23(32)24(33)30(21)17-6-4-5-15(13-17)25(27,28)29/h2-13,21,31H,1H3/b22-20+. The number of aliphatic hydroxyl groups excluding tert-OH is 1. The largest absolute Gasteiger partial charge is 0.507 e. The topological polar surface area (TPSA) is 66.8 Å². The quantitative estimate of drug-likeness (QED) is 0.251. The monoisotopic (exact) mass is 531 g/mol. The van der Waals surface area contributed by atoms with E-state index in [2.05, 4.69) is 15.9 Å². The predicted molar refractivity (Wildman–Crippen MR) is 123 cm³/mol. The van der Waals surface area contributed by atoms with E-state index >= 15 is 0 Å². The molecule has 1 unspecified atom stereocenters. The zero-order valence-electron chi connectivity index (χ0n) is 17.6. The Bertz CT molecular complexity index is 1300. The average molecular weight is 532 g/mol. The summed E-state index contributed by atoms with van der Waals surface area (Å²) in [4.78, 5) is 27.3. The maximum Gasteiger partial charge on any atom is 0.416 e. The number of benzene rings is 3. The summed E-state index contributed by atoms with van der Waals surface area (Å²) in [6.45, 7) is 0. The highest BCUT2D eigenvalue weighted by Gasteiger charge is 2.48. The van der Waals surface area contributed by atoms with Gasteiger partial charge in [-0.15, -0.1) is 0 Å². The van der Waals surface area contributed by atoms with Gasteiger partial charge in [0.1, 0.15) is 11.5 Å². The van der Waals surface area contributed by atoms with Crippen molar-refractivity contribution in [3.8, 4) is 5.75 Å². The van der Waals surface area contributed by atoms with E-state index in [0.717, 1.165) is 27.6 Å². The molecule has 3 aromatic rings. The molecule has 1 fully saturated rings. The van der Waals surface area contributed by atoms with Crippen LogP contribution in [0.3, 0.4) is 0 Å². The number of nitrogens with zero attached hydrogens (tertiary/aromatic N) is 1. The van der Waals surface area contributed by atoms with Gasteiger partial charge in [-0.1, -0.05) is 52.3 Å². The van der Waals surface area contributed by atoms with Crippen molar-refractivity contribution in [1.82, 2.24) is 0 Å². The zero-order chi connectivity index (χ0) is 24.6. The van der Waals surface area contributed by atoms with E-state index in [1.807, 2.05) is 0 Å². The van der Waals surface area contributed by atoms with Crippen LogP contribution in [0.1, 0.15) is 22.7 Å². The van der Waals surface area contributed by atoms with Gasteiger partial charge in [0, 0.05) is 21.3 Å². The van der Waals surface area contributed by atoms with Gasteiger partial charge in [0.05, 0.1) is 24.3 Å². The van der Waals surface area contributed by atoms with Crippen molar-refractivity contribution >= 4 is 39.1 Å². The van der Waals surface area contributed by atoms with Gasteiger partial charge < -0.3 is 9.84 Å². The first kappa shape index (κ1) is 23.6. The highest BCUT2D eigenvalue weighted by molar-refractivity contribution is 9.10. The molecular weight excluding hydrogens is 515 g/mol. The van der Waals surface area contributed by atoms with Crippen molar-refractivity contribution in [1.29, 1.82) is 0 Å². The molecule has 34 heavy (non-hydrogen) atoms. The molecule has 1 aliphatic rings. The lowest BCUT2D eigenvalue weighted by Crippen LogP contribution is -2.30. The van der Waals surface area contributed by atoms with Crippen molar-refractivity contribution in [2.24, 2.45) is 0 Å². The summed E-state index contributed by atoms with van der Waals surface area (Å²) in [5, 5.41) is 11.1. The summed E-state index contributed by atoms with van der Waals surface area (Å²) < 4.78 is 46.3. The Hall–Kier alpha value is -3.59. The molecule has 1 aliphatic heterocycles. The van der Waals surface area contributed by atoms with E-state index in [4.69, 9.17) is 4.74 Å². The van der Waals surface area contributed by atoms with Crippen LogP contribution in [0.4, 0.5) is 18.9 Å². The minimum atomic E-state index is -4.65. The lowest BCUT2D eigenvalue weighted by molar-refractivity contribution is -0.137. The molecule has 1 amide bonds. The summed E-state index contributed by atoms with van der Waals surface area (Å²) in [7, 11) is 1.39. The Kier molecular flexibility index (Phi) is 6.22. The van der Waals surface area contributed by atoms with Crippen LogP contribution in [-0.4, -0.2) is 23.9 Å². The van der Waals surface area contributed by atoms with Crippen LogP contribution in [0.25, 0.3) is 5.76 Å². The molecule has 0 spiro atoms. The number of aliphatic hydroxyl groups is 1. The third-order valence-electron chi connectivity index (χ3n) is 5.45. The number of carbonyl (C=O) groups excluding carboxylic acids is 2. The first-order chi connectivity index (χ1) is 16.1. The number of alkyl halides is 3. The number of halogens is 4. The summed E-state index contributed by atoms with van der Waals surface area (Å²) in [6.07, 6.45) is -4.65. The maximum absolute atomic E-state index is 13.4. The Labute approximate surface area is 201 Å². The zero-order valence-corrected chi connectivity index (χ0v) is 19.2. The summed E-state index contributed by atoms with van der Waals surface area (Å²) in [5.41, 5.74) is -0.763. The predicted octanol–water partition coefficient (Wildman–Crippen LogP) is 6.10. The minimum absolute atomic E-state index is 0.136. The summed E-state index contributed by atoms with van der Waals surface area (Å²) in [6, 6.07) is 15.8. The number of para-hydroxylation sites is 1. The van der Waals surface area contributed by atoms with Crippen molar-refractivity contribution < 1.29 is 32.6 Å². The molecule has 9 heteroatoms. The maximum atomic E-state index is 13.4. The molecule has 1 atom stereocenters. The van der Waals surface area contributed by atoms with Crippen molar-refractivity contribution in [2.75, 3.05) is 12.0 Å². The molecular formula is C25H17BrF3NO4. The molecule has 0 bridgehead atoms. The molecule has 1 saturated heterocycles. The van der Waals surface area contributed by atoms with E-state index in [1.165, 1.54) is 13.2 Å². The normalized spacial score (nSPS) is 17.8. The fraction of sp³-hybridized carbons (Fsp3) is 0.120. The summed E-state index contributed by atoms with van der Waals surface area (Å²) >= 11 is 3.29. The Morgan fingerprint density at radius 3 is 2.32 bits per heavy atom. The van der Waals surface area contributed by atoms with Gasteiger partial charge in [-0.25, -0.2) is 0 Å². The van der Waals surface area contributed by atoms with Gasteiger partial charge in [0.15, 0.2) is 0 Å². The van der Waals surface area contributed by atoms with Crippen LogP contribution in [-0.2, 0) is 15.8 Å². The Balaban J connectivity index is 1.98. The lowest BCUT2D eigenvalue weighted by atomic mass is 9.94. The fourth-order valence-corrected chi connectivity index (χ4v) is 4.15. The highest BCUT2D eigenvalue weighted by atomic mass is 79.9. The highest BCUT2D eigenvalue weighted by Crippen LogP contribution is 2.45. The van der Waals surface area contributed by atoms with Gasteiger partial charge >= 0.3 is 6.18 Å². The number of ether oxygens (including phenoxy) is 1. The molecule has 3 aromatic carbocycles. The molecule has 5 nitrogen and oxygen atoms in total. The van der Waals surface area contributed by atoms with E-state index < -0.39 is 35.2 Å². The number of rotatable bonds is 4. The van der Waals surface area contributed by atoms with Gasteiger partial charge in [-0.2, -0.15) is 13.2 Å². The molecule has 0 aromatic heterocycles. The molecule has 1 N–H and O–H groups in total. The fourth-order valence-electron chi connectivity index (χ4n) is 3.88. The number of Topliss-reactive ketones (excluding diaryl/α,β-unsaturated/α-hetero) is 1. The Morgan fingerprint density at radius 2 is 1.68 bits per heavy atom. The van der Waals surface area contributed by atoms with Crippen LogP contribution in [0, 0.1) is 0 Å². The van der Waals surface area contributed by atoms with Crippen molar-refractivity contribution in [3.63, 3.8) is 0 Å². The van der Waals surface area contributed by atoms with Crippen LogP contribution in [0.15, 0.2) is 82.8 Å². The van der Waals surface area contributed by atoms with E-state index in [1.54, 1.807) is 48.5 Å². The number of ketones is 1. The molecule has 174 valence electrons. The molecule has 0 saturated carbocycles. The van der Waals surface area contributed by atoms with Crippen molar-refractivity contribution in [3.05, 3.63) is 99.5 Å². The van der Waals surface area contributed by atoms with Crippen LogP contribution in [0.5, 0.6) is 5.75 Å². The second kappa shape index (κ2) is 8.98. The second-order valence-corrected chi connectivity index (χ2v) is 8.38. The molecule has 0 radical (unpaired) electrons. The number of hydrogen-bond acceptors (Lipinski definition) is 4. The van der Waals surface area contributed by atoms with Crippen molar-refractivity contribution in [2.45, 2.75) is 12.2 Å². The van der Waals surface area contributed by atoms with Gasteiger partial charge in [0.2, 0.25) is 0 Å².